The molecule has 0 heterocycles. The molecule has 46 heavy (non-hydrogen) atoms. The first-order chi connectivity index (χ1) is 21.9. The Kier molecular flexibility index (Phi) is 12.5. The predicted octanol–water partition coefficient (Wildman–Crippen LogP) is 5.39. The molecule has 5 N–H and O–H groups in total. The summed E-state index contributed by atoms with van der Waals surface area (Å²) in [6.45, 7) is 5.82. The molecular formula is C36H47N3O6S. The van der Waals surface area contributed by atoms with Crippen LogP contribution in [-0.4, -0.2) is 70.8 Å². The van der Waals surface area contributed by atoms with Gasteiger partial charge in [0.1, 0.15) is 6.04 Å². The lowest BCUT2D eigenvalue weighted by Gasteiger charge is -2.38. The summed E-state index contributed by atoms with van der Waals surface area (Å²) in [6.07, 6.45) is 0.366. The number of amides is 3. The van der Waals surface area contributed by atoms with Crippen LogP contribution in [0.15, 0.2) is 77.7 Å². The molecule has 1 saturated carbocycles. The zero-order chi connectivity index (χ0) is 33.3. The Morgan fingerprint density at radius 3 is 2.35 bits per heavy atom. The first-order valence-electron chi connectivity index (χ1n) is 15.9. The Balaban J connectivity index is 1.52. The number of hydrogen-bond acceptors (Lipinski definition) is 6. The molecule has 3 aromatic carbocycles. The van der Waals surface area contributed by atoms with Gasteiger partial charge in [-0.1, -0.05) is 66.7 Å². The molecule has 3 amide bonds. The number of methoxy groups -OCH3 is 1. The third kappa shape index (κ3) is 10.2. The first kappa shape index (κ1) is 35.3. The maximum Gasteiger partial charge on any atom is 0.405 e. The fourth-order valence-corrected chi connectivity index (χ4v) is 7.31. The van der Waals surface area contributed by atoms with E-state index in [1.165, 1.54) is 11.8 Å². The number of hydrogen-bond donors (Lipinski definition) is 5. The lowest BCUT2D eigenvalue weighted by molar-refractivity contribution is -0.132. The number of fused-ring (bicyclic) bond motifs is 1. The van der Waals surface area contributed by atoms with Gasteiger partial charge < -0.3 is 30.9 Å². The largest absolute Gasteiger partial charge is 0.465 e. The van der Waals surface area contributed by atoms with Crippen LogP contribution in [0.1, 0.15) is 52.0 Å². The van der Waals surface area contributed by atoms with Crippen molar-refractivity contribution in [3.63, 3.8) is 0 Å². The Bertz CT molecular complexity index is 1460. The van der Waals surface area contributed by atoms with Gasteiger partial charge >= 0.3 is 6.09 Å². The number of thioether (sulfide) groups is 1. The monoisotopic (exact) mass is 649 g/mol. The van der Waals surface area contributed by atoms with E-state index < -0.39 is 35.7 Å². The number of benzene rings is 3. The highest BCUT2D eigenvalue weighted by atomic mass is 32.2. The fraction of sp³-hybridized carbons (Fsp3) is 0.472. The zero-order valence-corrected chi connectivity index (χ0v) is 27.9. The number of aliphatic hydroxyl groups excluding tert-OH is 1. The first-order valence-corrected chi connectivity index (χ1v) is 16.9. The number of carbonyl (C=O) groups excluding carboxylic acids is 2. The van der Waals surface area contributed by atoms with Gasteiger partial charge in [-0.05, 0) is 81.2 Å². The van der Waals surface area contributed by atoms with E-state index in [4.69, 9.17) is 4.74 Å². The van der Waals surface area contributed by atoms with Crippen LogP contribution in [0.3, 0.4) is 0 Å². The summed E-state index contributed by atoms with van der Waals surface area (Å²) in [7, 11) is 1.66. The molecule has 6 atom stereocenters. The highest BCUT2D eigenvalue weighted by molar-refractivity contribution is 7.99. The summed E-state index contributed by atoms with van der Waals surface area (Å²) < 4.78 is 5.61. The highest BCUT2D eigenvalue weighted by Crippen LogP contribution is 2.36. The summed E-state index contributed by atoms with van der Waals surface area (Å²) in [6, 6.07) is 21.6. The Labute approximate surface area is 275 Å². The average molecular weight is 650 g/mol. The van der Waals surface area contributed by atoms with Crippen LogP contribution in [0, 0.1) is 11.8 Å². The maximum atomic E-state index is 13.7. The van der Waals surface area contributed by atoms with Crippen molar-refractivity contribution in [1.29, 1.82) is 0 Å². The molecule has 9 nitrogen and oxygen atoms in total. The van der Waals surface area contributed by atoms with Gasteiger partial charge in [-0.15, -0.1) is 11.8 Å². The number of rotatable bonds is 13. The van der Waals surface area contributed by atoms with Gasteiger partial charge in [0.05, 0.1) is 18.2 Å². The van der Waals surface area contributed by atoms with Crippen LogP contribution < -0.4 is 16.0 Å². The molecular weight excluding hydrogens is 602 g/mol. The molecule has 1 aliphatic rings. The number of carbonyl (C=O) groups is 3. The molecule has 6 unspecified atom stereocenters. The van der Waals surface area contributed by atoms with E-state index in [0.717, 1.165) is 27.7 Å². The normalized spacial score (nSPS) is 20.3. The van der Waals surface area contributed by atoms with E-state index in [9.17, 15) is 24.6 Å². The standard InChI is InChI=1S/C36H47N3O6S/c1-36(2,3)39-33(41)28-21-26(45-4)18-17-25(28)20-31(40)29(19-23-11-6-5-7-12-23)37-34(42)30(38-35(43)44)22-46-32-16-10-14-24-13-8-9-15-27(24)32/h5-16,25-26,28-31,38,40H,17-22H2,1-4H3,(H,37,42)(H,39,41)(H,43,44). The summed E-state index contributed by atoms with van der Waals surface area (Å²) >= 11 is 1.40. The summed E-state index contributed by atoms with van der Waals surface area (Å²) in [4.78, 5) is 39.8. The van der Waals surface area contributed by atoms with Crippen LogP contribution >= 0.6 is 11.8 Å². The van der Waals surface area contributed by atoms with Crippen molar-refractivity contribution >= 4 is 40.4 Å². The number of ether oxygens (including phenoxy) is 1. The minimum absolute atomic E-state index is 0.0361. The third-order valence-electron chi connectivity index (χ3n) is 8.52. The van der Waals surface area contributed by atoms with Crippen LogP contribution in [0.2, 0.25) is 0 Å². The van der Waals surface area contributed by atoms with E-state index in [2.05, 4.69) is 16.0 Å². The van der Waals surface area contributed by atoms with Crippen LogP contribution in [0.4, 0.5) is 4.79 Å². The highest BCUT2D eigenvalue weighted by Gasteiger charge is 2.39. The minimum atomic E-state index is -1.30. The SMILES string of the molecule is COC1CCC(CC(O)C(Cc2ccccc2)NC(=O)C(CSc2cccc3ccccc23)NC(=O)O)C(C(=O)NC(C)(C)C)C1. The molecule has 3 aromatic rings. The van der Waals surface area contributed by atoms with Gasteiger partial charge in [-0.25, -0.2) is 4.79 Å². The minimum Gasteiger partial charge on any atom is -0.465 e. The Morgan fingerprint density at radius 1 is 0.957 bits per heavy atom. The molecule has 0 aromatic heterocycles. The smallest absolute Gasteiger partial charge is 0.405 e. The predicted molar refractivity (Wildman–Crippen MR) is 182 cm³/mol. The molecule has 1 fully saturated rings. The summed E-state index contributed by atoms with van der Waals surface area (Å²) in [5.74, 6) is -0.879. The third-order valence-corrected chi connectivity index (χ3v) is 9.68. The van der Waals surface area contributed by atoms with Crippen LogP contribution in [0.5, 0.6) is 0 Å². The number of aliphatic hydroxyl groups is 1. The second-order valence-corrected chi connectivity index (χ2v) is 14.2. The topological polar surface area (TPSA) is 137 Å². The second kappa shape index (κ2) is 16.3. The van der Waals surface area contributed by atoms with Gasteiger partial charge in [0.2, 0.25) is 11.8 Å². The Hall–Kier alpha value is -3.60. The van der Waals surface area contributed by atoms with Crippen molar-refractivity contribution in [3.05, 3.63) is 78.4 Å². The molecule has 0 spiro atoms. The number of nitrogens with one attached hydrogen (secondary N) is 3. The van der Waals surface area contributed by atoms with Crippen LogP contribution in [-0.2, 0) is 20.7 Å². The van der Waals surface area contributed by atoms with Gasteiger partial charge in [-0.3, -0.25) is 9.59 Å². The average Bonchev–Trinajstić information content (AvgIpc) is 3.02. The quantitative estimate of drug-likeness (QED) is 0.157. The van der Waals surface area contributed by atoms with Gasteiger partial charge in [-0.2, -0.15) is 0 Å². The maximum absolute atomic E-state index is 13.7. The molecule has 0 radical (unpaired) electrons. The van der Waals surface area contributed by atoms with Crippen molar-refractivity contribution in [2.24, 2.45) is 11.8 Å². The van der Waals surface area contributed by atoms with Crippen molar-refractivity contribution < 1.29 is 29.3 Å². The molecule has 10 heteroatoms. The van der Waals surface area contributed by atoms with Crippen LogP contribution in [0.25, 0.3) is 10.8 Å². The summed E-state index contributed by atoms with van der Waals surface area (Å²) in [5, 5.41) is 31.8. The molecule has 1 aliphatic carbocycles. The van der Waals surface area contributed by atoms with E-state index in [-0.39, 0.29) is 29.6 Å². The molecule has 248 valence electrons. The lowest BCUT2D eigenvalue weighted by Crippen LogP contribution is -2.54. The second-order valence-electron chi connectivity index (χ2n) is 13.2. The molecule has 0 bridgehead atoms. The van der Waals surface area contributed by atoms with E-state index in [1.807, 2.05) is 93.6 Å². The van der Waals surface area contributed by atoms with Gasteiger partial charge in [0, 0.05) is 29.2 Å². The summed E-state index contributed by atoms with van der Waals surface area (Å²) in [5.41, 5.74) is 0.519. The van der Waals surface area contributed by atoms with Crippen molar-refractivity contribution in [2.45, 2.75) is 87.6 Å². The fourth-order valence-electron chi connectivity index (χ4n) is 6.21. The van der Waals surface area contributed by atoms with Gasteiger partial charge in [0.15, 0.2) is 0 Å². The molecule has 4 rings (SSSR count). The van der Waals surface area contributed by atoms with Crippen molar-refractivity contribution in [1.82, 2.24) is 16.0 Å². The van der Waals surface area contributed by atoms with Crippen molar-refractivity contribution in [2.75, 3.05) is 12.9 Å². The van der Waals surface area contributed by atoms with E-state index in [1.54, 1.807) is 7.11 Å². The molecule has 0 aliphatic heterocycles. The van der Waals surface area contributed by atoms with E-state index in [0.29, 0.717) is 25.7 Å². The molecule has 0 saturated heterocycles. The van der Waals surface area contributed by atoms with E-state index >= 15 is 0 Å². The zero-order valence-electron chi connectivity index (χ0n) is 27.1. The Morgan fingerprint density at radius 2 is 1.65 bits per heavy atom. The lowest BCUT2D eigenvalue weighted by atomic mass is 9.73. The number of carboxylic acid groups (broad SMARTS) is 1. The van der Waals surface area contributed by atoms with Gasteiger partial charge in [0.25, 0.3) is 0 Å². The van der Waals surface area contributed by atoms with Crippen molar-refractivity contribution in [3.8, 4) is 0 Å².